The standard InChI is InChI=1S/C29H26Cl2N2O2S/c30-29(31,36-19-21-8-3-1-4-9-21)28-24-12-7-13-25(34)23(24)14-15-26(28)35-27(18-33-17-16-32-20-33)22-10-5-2-6-11-22/h1-6,8-11,14-17,20,27H,7,12-13,18-19H2. The third-order valence-electron chi connectivity index (χ3n) is 6.34. The lowest BCUT2D eigenvalue weighted by molar-refractivity contribution is 0.0972. The quantitative estimate of drug-likeness (QED) is 0.205. The van der Waals surface area contributed by atoms with Crippen LogP contribution in [-0.4, -0.2) is 15.3 Å². The van der Waals surface area contributed by atoms with Gasteiger partial charge in [-0.05, 0) is 41.7 Å². The van der Waals surface area contributed by atoms with E-state index in [1.54, 1.807) is 12.5 Å². The number of aromatic nitrogens is 2. The Morgan fingerprint density at radius 1 is 1.00 bits per heavy atom. The third kappa shape index (κ3) is 5.64. The van der Waals surface area contributed by atoms with E-state index in [2.05, 4.69) is 17.1 Å². The zero-order chi connectivity index (χ0) is 25.0. The van der Waals surface area contributed by atoms with E-state index >= 15 is 0 Å². The van der Waals surface area contributed by atoms with Gasteiger partial charge in [-0.1, -0.05) is 83.9 Å². The van der Waals surface area contributed by atoms with Crippen molar-refractivity contribution in [3.8, 4) is 5.75 Å². The SMILES string of the molecule is O=C1CCCc2c1ccc(OC(Cn1ccnc1)c1ccccc1)c2C(Cl)(Cl)SCc1ccccc1. The van der Waals surface area contributed by atoms with Crippen molar-refractivity contribution in [3.05, 3.63) is 119 Å². The monoisotopic (exact) mass is 536 g/mol. The molecular weight excluding hydrogens is 511 g/mol. The summed E-state index contributed by atoms with van der Waals surface area (Å²) in [5.74, 6) is 1.35. The lowest BCUT2D eigenvalue weighted by atomic mass is 9.87. The van der Waals surface area contributed by atoms with Crippen molar-refractivity contribution in [3.63, 3.8) is 0 Å². The molecule has 1 unspecified atom stereocenters. The molecule has 5 rings (SSSR count). The van der Waals surface area contributed by atoms with Gasteiger partial charge in [0.25, 0.3) is 0 Å². The van der Waals surface area contributed by atoms with Gasteiger partial charge >= 0.3 is 0 Å². The maximum absolute atomic E-state index is 12.8. The van der Waals surface area contributed by atoms with Crippen LogP contribution in [0.15, 0.2) is 91.5 Å². The molecule has 0 radical (unpaired) electrons. The average Bonchev–Trinajstić information content (AvgIpc) is 3.41. The van der Waals surface area contributed by atoms with Gasteiger partial charge in [0.2, 0.25) is 0 Å². The van der Waals surface area contributed by atoms with E-state index in [-0.39, 0.29) is 11.9 Å². The van der Waals surface area contributed by atoms with E-state index in [0.29, 0.717) is 35.6 Å². The van der Waals surface area contributed by atoms with E-state index in [1.807, 2.05) is 71.4 Å². The molecule has 7 heteroatoms. The van der Waals surface area contributed by atoms with Gasteiger partial charge < -0.3 is 9.30 Å². The van der Waals surface area contributed by atoms with Crippen molar-refractivity contribution in [2.75, 3.05) is 0 Å². The molecule has 0 aliphatic heterocycles. The summed E-state index contributed by atoms with van der Waals surface area (Å²) in [6.07, 6.45) is 7.17. The molecule has 3 aromatic carbocycles. The highest BCUT2D eigenvalue weighted by Gasteiger charge is 2.37. The van der Waals surface area contributed by atoms with Crippen LogP contribution in [0.1, 0.15) is 51.6 Å². The number of ketones is 1. The number of fused-ring (bicyclic) bond motifs is 1. The first-order valence-corrected chi connectivity index (χ1v) is 13.7. The number of hydrogen-bond donors (Lipinski definition) is 0. The Kier molecular flexibility index (Phi) is 7.70. The molecule has 1 atom stereocenters. The normalized spacial score (nSPS) is 14.3. The number of Topliss-reactive ketones (excluding diaryl/α,β-unsaturated/α-hetero) is 1. The fraction of sp³-hybridized carbons (Fsp3) is 0.241. The van der Waals surface area contributed by atoms with Crippen LogP contribution in [0, 0.1) is 0 Å². The van der Waals surface area contributed by atoms with Crippen molar-refractivity contribution in [1.29, 1.82) is 0 Å². The largest absolute Gasteiger partial charge is 0.483 e. The number of thioether (sulfide) groups is 1. The van der Waals surface area contributed by atoms with Gasteiger partial charge in [0, 0.05) is 35.7 Å². The highest BCUT2D eigenvalue weighted by molar-refractivity contribution is 8.02. The van der Waals surface area contributed by atoms with Crippen LogP contribution in [0.4, 0.5) is 0 Å². The highest BCUT2D eigenvalue weighted by atomic mass is 35.5. The fourth-order valence-electron chi connectivity index (χ4n) is 4.56. The lowest BCUT2D eigenvalue weighted by Crippen LogP contribution is -2.21. The van der Waals surface area contributed by atoms with Gasteiger partial charge in [-0.15, -0.1) is 11.8 Å². The van der Waals surface area contributed by atoms with Crippen LogP contribution in [0.3, 0.4) is 0 Å². The number of imidazole rings is 1. The van der Waals surface area contributed by atoms with Gasteiger partial charge in [-0.25, -0.2) is 4.98 Å². The number of ether oxygens (including phenoxy) is 1. The van der Waals surface area contributed by atoms with Crippen molar-refractivity contribution in [2.24, 2.45) is 0 Å². The molecule has 1 aromatic heterocycles. The predicted octanol–water partition coefficient (Wildman–Crippen LogP) is 7.74. The van der Waals surface area contributed by atoms with Crippen LogP contribution in [0.2, 0.25) is 0 Å². The number of hydrogen-bond acceptors (Lipinski definition) is 4. The first-order chi connectivity index (χ1) is 17.5. The lowest BCUT2D eigenvalue weighted by Gasteiger charge is -2.30. The summed E-state index contributed by atoms with van der Waals surface area (Å²) in [7, 11) is 0. The number of halogens is 2. The van der Waals surface area contributed by atoms with Crippen LogP contribution < -0.4 is 4.74 Å². The molecule has 0 fully saturated rings. The minimum absolute atomic E-state index is 0.124. The smallest absolute Gasteiger partial charge is 0.192 e. The van der Waals surface area contributed by atoms with Crippen LogP contribution in [0.25, 0.3) is 0 Å². The molecule has 4 aromatic rings. The summed E-state index contributed by atoms with van der Waals surface area (Å²) < 4.78 is 7.39. The Morgan fingerprint density at radius 2 is 1.75 bits per heavy atom. The molecular formula is C29H26Cl2N2O2S. The minimum Gasteiger partial charge on any atom is -0.483 e. The maximum Gasteiger partial charge on any atom is 0.192 e. The number of carbonyl (C=O) groups is 1. The molecule has 1 heterocycles. The van der Waals surface area contributed by atoms with E-state index in [1.165, 1.54) is 11.8 Å². The predicted molar refractivity (Wildman–Crippen MR) is 147 cm³/mol. The summed E-state index contributed by atoms with van der Waals surface area (Å²) in [6, 6.07) is 23.9. The average molecular weight is 538 g/mol. The molecule has 0 spiro atoms. The zero-order valence-electron chi connectivity index (χ0n) is 19.6. The summed E-state index contributed by atoms with van der Waals surface area (Å²) in [5.41, 5.74) is 4.42. The van der Waals surface area contributed by atoms with E-state index in [0.717, 1.165) is 29.5 Å². The first kappa shape index (κ1) is 24.9. The number of rotatable bonds is 9. The second-order valence-corrected chi connectivity index (χ2v) is 11.8. The number of nitrogens with zero attached hydrogens (tertiary/aromatic N) is 2. The Bertz CT molecular complexity index is 1310. The first-order valence-electron chi connectivity index (χ1n) is 11.9. The van der Waals surface area contributed by atoms with Crippen LogP contribution in [0.5, 0.6) is 5.75 Å². The summed E-state index contributed by atoms with van der Waals surface area (Å²) >= 11 is 15.6. The van der Waals surface area contributed by atoms with Crippen LogP contribution in [-0.2, 0) is 22.4 Å². The van der Waals surface area contributed by atoms with Gasteiger partial charge in [-0.2, -0.15) is 0 Å². The van der Waals surface area contributed by atoms with Crippen molar-refractivity contribution in [1.82, 2.24) is 9.55 Å². The second-order valence-electron chi connectivity index (χ2n) is 8.81. The summed E-state index contributed by atoms with van der Waals surface area (Å²) in [5, 5.41) is 0. The molecule has 36 heavy (non-hydrogen) atoms. The fourth-order valence-corrected chi connectivity index (χ4v) is 6.21. The molecule has 1 aliphatic carbocycles. The molecule has 1 aliphatic rings. The molecule has 0 bridgehead atoms. The van der Waals surface area contributed by atoms with Gasteiger partial charge in [0.05, 0.1) is 12.9 Å². The Hall–Kier alpha value is -2.73. The van der Waals surface area contributed by atoms with Crippen molar-refractivity contribution < 1.29 is 9.53 Å². The molecule has 4 nitrogen and oxygen atoms in total. The van der Waals surface area contributed by atoms with E-state index < -0.39 is 3.67 Å². The van der Waals surface area contributed by atoms with Crippen LogP contribution >= 0.6 is 35.0 Å². The molecule has 184 valence electrons. The molecule has 0 saturated carbocycles. The summed E-state index contributed by atoms with van der Waals surface area (Å²) in [6.45, 7) is 0.564. The molecule has 0 amide bonds. The van der Waals surface area contributed by atoms with E-state index in [4.69, 9.17) is 27.9 Å². The van der Waals surface area contributed by atoms with Crippen molar-refractivity contribution in [2.45, 2.75) is 41.3 Å². The van der Waals surface area contributed by atoms with Gasteiger partial charge in [0.15, 0.2) is 9.45 Å². The van der Waals surface area contributed by atoms with E-state index in [9.17, 15) is 4.79 Å². The number of benzene rings is 3. The van der Waals surface area contributed by atoms with Crippen molar-refractivity contribution >= 4 is 40.7 Å². The zero-order valence-corrected chi connectivity index (χ0v) is 22.0. The van der Waals surface area contributed by atoms with Gasteiger partial charge in [0.1, 0.15) is 11.9 Å². The Labute approximate surface area is 225 Å². The Balaban J connectivity index is 1.54. The topological polar surface area (TPSA) is 44.1 Å². The maximum atomic E-state index is 12.8. The third-order valence-corrected chi connectivity index (χ3v) is 8.41. The highest BCUT2D eigenvalue weighted by Crippen LogP contribution is 2.53. The number of alkyl halides is 2. The summed E-state index contributed by atoms with van der Waals surface area (Å²) in [4.78, 5) is 16.9. The second kappa shape index (κ2) is 11.1. The number of carbonyl (C=O) groups excluding carboxylic acids is 1. The Morgan fingerprint density at radius 3 is 2.47 bits per heavy atom. The molecule has 0 saturated heterocycles. The van der Waals surface area contributed by atoms with Gasteiger partial charge in [-0.3, -0.25) is 4.79 Å². The minimum atomic E-state index is -1.30. The molecule has 0 N–H and O–H groups in total.